The van der Waals surface area contributed by atoms with Crippen molar-refractivity contribution in [3.8, 4) is 0 Å². The van der Waals surface area contributed by atoms with Gasteiger partial charge in [0.2, 0.25) is 0 Å². The zero-order valence-corrected chi connectivity index (χ0v) is 11.7. The molecule has 2 rings (SSSR count). The van der Waals surface area contributed by atoms with E-state index in [-0.39, 0.29) is 0 Å². The zero-order chi connectivity index (χ0) is 12.3. The highest BCUT2D eigenvalue weighted by atomic mass is 32.9. The highest BCUT2D eigenvalue weighted by Gasteiger charge is 2.12. The molecule has 1 N–H and O–H groups in total. The summed E-state index contributed by atoms with van der Waals surface area (Å²) < 4.78 is 0.886. The Morgan fingerprint density at radius 1 is 1.29 bits per heavy atom. The maximum Gasteiger partial charge on any atom is 0.106 e. The van der Waals surface area contributed by atoms with Crippen LogP contribution in [0, 0.1) is 3.82 Å². The van der Waals surface area contributed by atoms with E-state index in [1.165, 1.54) is 5.56 Å². The Bertz CT molecular complexity index is 583. The first-order chi connectivity index (χ1) is 8.22. The summed E-state index contributed by atoms with van der Waals surface area (Å²) in [5.74, 6) is 0. The summed E-state index contributed by atoms with van der Waals surface area (Å²) in [5.41, 5.74) is 2.95. The molecule has 88 valence electrons. The molecule has 1 aromatic carbocycles. The van der Waals surface area contributed by atoms with Crippen molar-refractivity contribution in [3.63, 3.8) is 0 Å². The molecule has 0 spiro atoms. The van der Waals surface area contributed by atoms with Crippen LogP contribution in [0.25, 0.3) is 0 Å². The Morgan fingerprint density at radius 3 is 2.65 bits per heavy atom. The van der Waals surface area contributed by atoms with Gasteiger partial charge in [-0.3, -0.25) is 0 Å². The van der Waals surface area contributed by atoms with E-state index in [9.17, 15) is 0 Å². The fraction of sp³-hybridized carbons (Fsp3) is 0.167. The van der Waals surface area contributed by atoms with E-state index in [0.29, 0.717) is 5.71 Å². The van der Waals surface area contributed by atoms with E-state index >= 15 is 0 Å². The second-order valence-corrected chi connectivity index (χ2v) is 6.43. The summed E-state index contributed by atoms with van der Waals surface area (Å²) in [6, 6.07) is 10.2. The quantitative estimate of drug-likeness (QED) is 0.299. The second kappa shape index (κ2) is 5.53. The summed E-state index contributed by atoms with van der Waals surface area (Å²) in [4.78, 5) is 0.992. The Balaban J connectivity index is 2.39. The molecule has 0 aliphatic carbocycles. The van der Waals surface area contributed by atoms with Crippen molar-refractivity contribution in [3.05, 3.63) is 50.2 Å². The average Bonchev–Trinajstić information content (AvgIpc) is 2.72. The molecule has 0 aliphatic rings. The number of oxime groups is 1. The van der Waals surface area contributed by atoms with Crippen LogP contribution in [-0.2, 0) is 6.42 Å². The lowest BCUT2D eigenvalue weighted by Gasteiger charge is -2.02. The molecule has 1 heterocycles. The van der Waals surface area contributed by atoms with Gasteiger partial charge in [-0.05, 0) is 12.5 Å². The van der Waals surface area contributed by atoms with Crippen LogP contribution in [-0.4, -0.2) is 10.9 Å². The SMILES string of the molecule is C/C(=N\O)c1ssc(=S)c1Cc1ccccc1. The third-order valence-electron chi connectivity index (χ3n) is 2.42. The highest BCUT2D eigenvalue weighted by Crippen LogP contribution is 2.27. The van der Waals surface area contributed by atoms with Gasteiger partial charge in [-0.15, -0.1) is 0 Å². The molecule has 0 amide bonds. The minimum Gasteiger partial charge on any atom is -0.411 e. The van der Waals surface area contributed by atoms with Gasteiger partial charge in [-0.1, -0.05) is 68.4 Å². The molecule has 0 radical (unpaired) electrons. The Labute approximate surface area is 112 Å². The van der Waals surface area contributed by atoms with Crippen molar-refractivity contribution in [2.24, 2.45) is 5.16 Å². The van der Waals surface area contributed by atoms with Gasteiger partial charge in [0.15, 0.2) is 0 Å². The van der Waals surface area contributed by atoms with Crippen LogP contribution in [0.1, 0.15) is 22.9 Å². The minimum atomic E-state index is 0.633. The normalized spacial score (nSPS) is 11.7. The molecule has 0 unspecified atom stereocenters. The lowest BCUT2D eigenvalue weighted by atomic mass is 10.1. The van der Waals surface area contributed by atoms with Gasteiger partial charge in [-0.2, -0.15) is 0 Å². The van der Waals surface area contributed by atoms with Crippen molar-refractivity contribution in [2.45, 2.75) is 13.3 Å². The van der Waals surface area contributed by atoms with Crippen molar-refractivity contribution < 1.29 is 5.21 Å². The topological polar surface area (TPSA) is 32.6 Å². The van der Waals surface area contributed by atoms with Crippen molar-refractivity contribution in [1.82, 2.24) is 0 Å². The lowest BCUT2D eigenvalue weighted by Crippen LogP contribution is -1.97. The van der Waals surface area contributed by atoms with Crippen LogP contribution in [0.3, 0.4) is 0 Å². The first-order valence-corrected chi connectivity index (χ1v) is 7.63. The molecular formula is C12H11NOS3. The van der Waals surface area contributed by atoms with Crippen LogP contribution in [0.4, 0.5) is 0 Å². The first-order valence-electron chi connectivity index (χ1n) is 5.07. The maximum atomic E-state index is 8.85. The van der Waals surface area contributed by atoms with Gasteiger partial charge in [0.1, 0.15) is 3.82 Å². The fourth-order valence-electron chi connectivity index (χ4n) is 1.55. The third kappa shape index (κ3) is 2.80. The fourth-order valence-corrected chi connectivity index (χ4v) is 4.47. The summed E-state index contributed by atoms with van der Waals surface area (Å²) >= 11 is 5.33. The second-order valence-electron chi connectivity index (χ2n) is 3.61. The molecule has 0 fully saturated rings. The number of hydrogen-bond acceptors (Lipinski definition) is 5. The summed E-state index contributed by atoms with van der Waals surface area (Å²) in [6.45, 7) is 1.79. The molecule has 1 aromatic heterocycles. The van der Waals surface area contributed by atoms with Gasteiger partial charge in [-0.25, -0.2) is 0 Å². The standard InChI is InChI=1S/C12H11NOS3/c1-8(13-14)11-10(12(15)17-16-11)7-9-5-3-2-4-6-9/h2-6,14H,7H2,1H3/b13-8+. The molecular weight excluding hydrogens is 270 g/mol. The van der Waals surface area contributed by atoms with E-state index in [4.69, 9.17) is 17.4 Å². The smallest absolute Gasteiger partial charge is 0.106 e. The molecule has 2 aromatic rings. The molecule has 0 saturated carbocycles. The Morgan fingerprint density at radius 2 is 2.00 bits per heavy atom. The molecule has 0 saturated heterocycles. The van der Waals surface area contributed by atoms with E-state index in [0.717, 1.165) is 20.7 Å². The van der Waals surface area contributed by atoms with Crippen LogP contribution in [0.5, 0.6) is 0 Å². The summed E-state index contributed by atoms with van der Waals surface area (Å²) in [5, 5.41) is 12.1. The highest BCUT2D eigenvalue weighted by molar-refractivity contribution is 7.79. The van der Waals surface area contributed by atoms with Gasteiger partial charge in [0, 0.05) is 12.0 Å². The third-order valence-corrected chi connectivity index (χ3v) is 5.68. The molecule has 5 heteroatoms. The number of hydrogen-bond donors (Lipinski definition) is 1. The molecule has 0 bridgehead atoms. The number of nitrogens with zero attached hydrogens (tertiary/aromatic N) is 1. The van der Waals surface area contributed by atoms with Crippen molar-refractivity contribution in [2.75, 3.05) is 0 Å². The predicted molar refractivity (Wildman–Crippen MR) is 76.3 cm³/mol. The van der Waals surface area contributed by atoms with Crippen molar-refractivity contribution >= 4 is 38.6 Å². The maximum absolute atomic E-state index is 8.85. The molecule has 0 atom stereocenters. The largest absolute Gasteiger partial charge is 0.411 e. The summed E-state index contributed by atoms with van der Waals surface area (Å²) in [7, 11) is 3.13. The Hall–Kier alpha value is -1.04. The monoisotopic (exact) mass is 281 g/mol. The predicted octanol–water partition coefficient (Wildman–Crippen LogP) is 4.33. The van der Waals surface area contributed by atoms with Gasteiger partial charge in [0.05, 0.1) is 10.6 Å². The Kier molecular flexibility index (Phi) is 4.04. The zero-order valence-electron chi connectivity index (χ0n) is 9.21. The first kappa shape index (κ1) is 12.4. The number of benzene rings is 1. The molecule has 2 nitrogen and oxygen atoms in total. The van der Waals surface area contributed by atoms with Gasteiger partial charge in [0.25, 0.3) is 0 Å². The summed E-state index contributed by atoms with van der Waals surface area (Å²) in [6.07, 6.45) is 0.794. The lowest BCUT2D eigenvalue weighted by molar-refractivity contribution is 0.319. The van der Waals surface area contributed by atoms with Gasteiger partial charge < -0.3 is 5.21 Å². The minimum absolute atomic E-state index is 0.633. The molecule has 17 heavy (non-hydrogen) atoms. The van der Waals surface area contributed by atoms with Crippen LogP contribution in [0.2, 0.25) is 0 Å². The average molecular weight is 281 g/mol. The van der Waals surface area contributed by atoms with Crippen LogP contribution in [0.15, 0.2) is 35.5 Å². The van der Waals surface area contributed by atoms with E-state index in [1.54, 1.807) is 27.6 Å². The van der Waals surface area contributed by atoms with Crippen molar-refractivity contribution in [1.29, 1.82) is 0 Å². The van der Waals surface area contributed by atoms with E-state index in [2.05, 4.69) is 17.3 Å². The molecule has 0 aliphatic heterocycles. The van der Waals surface area contributed by atoms with E-state index < -0.39 is 0 Å². The number of rotatable bonds is 3. The van der Waals surface area contributed by atoms with Crippen LogP contribution < -0.4 is 0 Å². The van der Waals surface area contributed by atoms with E-state index in [1.807, 2.05) is 18.2 Å². The van der Waals surface area contributed by atoms with Crippen LogP contribution >= 0.6 is 32.9 Å². The van der Waals surface area contributed by atoms with Gasteiger partial charge >= 0.3 is 0 Å².